The molecular weight excluding hydrogens is 204 g/mol. The van der Waals surface area contributed by atoms with E-state index >= 15 is 0 Å². The molecule has 0 saturated carbocycles. The summed E-state index contributed by atoms with van der Waals surface area (Å²) in [6.45, 7) is 4.93. The molecule has 2 N–H and O–H groups in total. The second kappa shape index (κ2) is 6.31. The lowest BCUT2D eigenvalue weighted by molar-refractivity contribution is -0.122. The third kappa shape index (κ3) is 3.29. The quantitative estimate of drug-likeness (QED) is 0.231. The Labute approximate surface area is 85.3 Å². The lowest BCUT2D eigenvalue weighted by Gasteiger charge is -2.09. The number of carbonyl (C=O) groups excluding carboxylic acids is 1. The lowest BCUT2D eigenvalue weighted by Crippen LogP contribution is -2.33. The summed E-state index contributed by atoms with van der Waals surface area (Å²) in [5.74, 6) is -0.873. The summed E-state index contributed by atoms with van der Waals surface area (Å²) in [5.41, 5.74) is 0. The molecule has 80 valence electrons. The first-order valence-electron chi connectivity index (χ1n) is 4.01. The highest BCUT2D eigenvalue weighted by Crippen LogP contribution is 2.04. The molecule has 0 spiro atoms. The maximum absolute atomic E-state index is 11.4. The van der Waals surface area contributed by atoms with E-state index in [1.807, 2.05) is 0 Å². The summed E-state index contributed by atoms with van der Waals surface area (Å²) in [6.07, 6.45) is 1.44. The van der Waals surface area contributed by atoms with Crippen molar-refractivity contribution in [2.24, 2.45) is 11.1 Å². The number of nitrogens with zero attached hydrogens (tertiary/aromatic N) is 1. The molecule has 0 aliphatic heterocycles. The van der Waals surface area contributed by atoms with E-state index in [0.29, 0.717) is 0 Å². The van der Waals surface area contributed by atoms with Gasteiger partial charge in [0.15, 0.2) is 5.04 Å². The van der Waals surface area contributed by atoms with Gasteiger partial charge in [-0.2, -0.15) is 0 Å². The van der Waals surface area contributed by atoms with Crippen LogP contribution in [0.2, 0.25) is 0 Å². The Morgan fingerprint density at radius 1 is 1.79 bits per heavy atom. The SMILES string of the molecule is C=CCS(=O)C(=NO)C(C)C(=O)NC. The second-order valence-electron chi connectivity index (χ2n) is 2.58. The fourth-order valence-electron chi connectivity index (χ4n) is 0.850. The standard InChI is InChI=1S/C8H14N2O3S/c1-4-5-14(13)8(10-12)6(2)7(11)9-3/h4,6,12H,1,5H2,2-3H3,(H,9,11). The fraction of sp³-hybridized carbons (Fsp3) is 0.500. The number of hydrogen-bond acceptors (Lipinski definition) is 4. The Balaban J connectivity index is 4.65. The van der Waals surface area contributed by atoms with E-state index in [4.69, 9.17) is 5.21 Å². The van der Waals surface area contributed by atoms with Crippen LogP contribution in [0.15, 0.2) is 17.8 Å². The van der Waals surface area contributed by atoms with Crippen LogP contribution in [0.4, 0.5) is 0 Å². The van der Waals surface area contributed by atoms with E-state index in [1.54, 1.807) is 0 Å². The Kier molecular flexibility index (Phi) is 5.78. The number of amides is 1. The van der Waals surface area contributed by atoms with Crippen molar-refractivity contribution in [3.05, 3.63) is 12.7 Å². The van der Waals surface area contributed by atoms with E-state index in [1.165, 1.54) is 20.0 Å². The predicted octanol–water partition coefficient (Wildman–Crippen LogP) is 0.0909. The Morgan fingerprint density at radius 2 is 2.36 bits per heavy atom. The summed E-state index contributed by atoms with van der Waals surface area (Å²) in [5, 5.41) is 13.8. The smallest absolute Gasteiger partial charge is 0.229 e. The van der Waals surface area contributed by atoms with Gasteiger partial charge in [0.1, 0.15) is 0 Å². The van der Waals surface area contributed by atoms with Gasteiger partial charge in [-0.25, -0.2) is 0 Å². The Hall–Kier alpha value is -1.17. The molecule has 2 atom stereocenters. The van der Waals surface area contributed by atoms with Gasteiger partial charge in [-0.3, -0.25) is 9.00 Å². The largest absolute Gasteiger partial charge is 0.410 e. The van der Waals surface area contributed by atoms with Crippen LogP contribution < -0.4 is 5.32 Å². The van der Waals surface area contributed by atoms with E-state index in [0.717, 1.165) is 0 Å². The average Bonchev–Trinajstić information content (AvgIpc) is 2.18. The molecule has 0 aliphatic rings. The fourth-order valence-corrected chi connectivity index (χ4v) is 1.83. The molecule has 2 unspecified atom stereocenters. The van der Waals surface area contributed by atoms with Gasteiger partial charge in [-0.1, -0.05) is 11.2 Å². The molecule has 0 saturated heterocycles. The van der Waals surface area contributed by atoms with Gasteiger partial charge in [-0.15, -0.1) is 6.58 Å². The van der Waals surface area contributed by atoms with E-state index in [2.05, 4.69) is 17.1 Å². The van der Waals surface area contributed by atoms with Crippen LogP contribution in [0, 0.1) is 5.92 Å². The number of carbonyl (C=O) groups is 1. The minimum atomic E-state index is -1.49. The summed E-state index contributed by atoms with van der Waals surface area (Å²) < 4.78 is 11.4. The second-order valence-corrected chi connectivity index (χ2v) is 4.02. The van der Waals surface area contributed by atoms with Crippen LogP contribution in [-0.4, -0.2) is 33.2 Å². The molecule has 0 radical (unpaired) electrons. The van der Waals surface area contributed by atoms with Crippen LogP contribution in [0.5, 0.6) is 0 Å². The van der Waals surface area contributed by atoms with Crippen molar-refractivity contribution in [1.82, 2.24) is 5.32 Å². The molecule has 0 bridgehead atoms. The van der Waals surface area contributed by atoms with Crippen LogP contribution in [-0.2, 0) is 15.6 Å². The molecule has 5 nitrogen and oxygen atoms in total. The van der Waals surface area contributed by atoms with Crippen LogP contribution in [0.1, 0.15) is 6.92 Å². The zero-order valence-corrected chi connectivity index (χ0v) is 9.00. The minimum absolute atomic E-state index is 0.0377. The number of rotatable bonds is 4. The van der Waals surface area contributed by atoms with Crippen LogP contribution >= 0.6 is 0 Å². The first kappa shape index (κ1) is 12.8. The molecule has 0 aromatic rings. The topological polar surface area (TPSA) is 78.8 Å². The predicted molar refractivity (Wildman–Crippen MR) is 55.7 cm³/mol. The van der Waals surface area contributed by atoms with Gasteiger partial charge in [-0.05, 0) is 6.92 Å². The van der Waals surface area contributed by atoms with Crippen molar-refractivity contribution in [2.75, 3.05) is 12.8 Å². The van der Waals surface area contributed by atoms with Crippen LogP contribution in [0.25, 0.3) is 0 Å². The van der Waals surface area contributed by atoms with E-state index in [9.17, 15) is 9.00 Å². The highest BCUT2D eigenvalue weighted by Gasteiger charge is 2.23. The maximum atomic E-state index is 11.4. The molecule has 14 heavy (non-hydrogen) atoms. The summed E-state index contributed by atoms with van der Waals surface area (Å²) in [6, 6.07) is 0. The molecule has 0 heterocycles. The highest BCUT2D eigenvalue weighted by atomic mass is 32.2. The molecule has 1 amide bonds. The normalized spacial score (nSPS) is 15.7. The Morgan fingerprint density at radius 3 is 2.71 bits per heavy atom. The summed E-state index contributed by atoms with van der Waals surface area (Å²) >= 11 is 0. The first-order valence-corrected chi connectivity index (χ1v) is 5.33. The third-order valence-corrected chi connectivity index (χ3v) is 3.05. The minimum Gasteiger partial charge on any atom is -0.410 e. The van der Waals surface area contributed by atoms with Crippen molar-refractivity contribution >= 4 is 21.8 Å². The van der Waals surface area contributed by atoms with Gasteiger partial charge < -0.3 is 10.5 Å². The average molecular weight is 218 g/mol. The van der Waals surface area contributed by atoms with E-state index in [-0.39, 0.29) is 16.7 Å². The molecular formula is C8H14N2O3S. The molecule has 0 fully saturated rings. The number of oxime groups is 1. The van der Waals surface area contributed by atoms with Crippen molar-refractivity contribution in [3.8, 4) is 0 Å². The number of hydrogen-bond donors (Lipinski definition) is 2. The molecule has 0 aromatic heterocycles. The van der Waals surface area contributed by atoms with Gasteiger partial charge >= 0.3 is 0 Å². The van der Waals surface area contributed by atoms with Crippen molar-refractivity contribution in [3.63, 3.8) is 0 Å². The molecule has 0 aliphatic carbocycles. The van der Waals surface area contributed by atoms with E-state index < -0.39 is 16.7 Å². The van der Waals surface area contributed by atoms with Crippen molar-refractivity contribution in [1.29, 1.82) is 0 Å². The summed E-state index contributed by atoms with van der Waals surface area (Å²) in [4.78, 5) is 11.2. The molecule has 0 rings (SSSR count). The monoisotopic (exact) mass is 218 g/mol. The first-order chi connectivity index (χ1) is 6.58. The maximum Gasteiger partial charge on any atom is 0.229 e. The lowest BCUT2D eigenvalue weighted by atomic mass is 10.2. The van der Waals surface area contributed by atoms with Gasteiger partial charge in [0.2, 0.25) is 5.91 Å². The number of nitrogens with one attached hydrogen (secondary N) is 1. The van der Waals surface area contributed by atoms with Gasteiger partial charge in [0.05, 0.1) is 16.7 Å². The van der Waals surface area contributed by atoms with Gasteiger partial charge in [0.25, 0.3) is 0 Å². The molecule has 6 heteroatoms. The van der Waals surface area contributed by atoms with Gasteiger partial charge in [0, 0.05) is 12.8 Å². The molecule has 0 aromatic carbocycles. The van der Waals surface area contributed by atoms with Crippen LogP contribution in [0.3, 0.4) is 0 Å². The Bertz CT molecular complexity index is 276. The summed E-state index contributed by atoms with van der Waals surface area (Å²) in [7, 11) is -0.0265. The zero-order valence-electron chi connectivity index (χ0n) is 8.19. The van der Waals surface area contributed by atoms with Crippen molar-refractivity contribution < 1.29 is 14.2 Å². The third-order valence-electron chi connectivity index (χ3n) is 1.61. The zero-order chi connectivity index (χ0) is 11.1. The highest BCUT2D eigenvalue weighted by molar-refractivity contribution is 8.00. The van der Waals surface area contributed by atoms with Crippen molar-refractivity contribution in [2.45, 2.75) is 6.92 Å².